The standard InChI is InChI=1S/C13H11ClN4O/c1-3-7-15-13(19)12-9(2)18(17-16-12)11-6-4-5-10(14)8-11/h1,4-6,8H,7H2,2H3,(H,15,19). The molecule has 6 heteroatoms. The van der Waals surface area contributed by atoms with Gasteiger partial charge in [0.05, 0.1) is 17.9 Å². The molecular weight excluding hydrogens is 264 g/mol. The second-order valence-corrected chi connectivity index (χ2v) is 4.24. The Morgan fingerprint density at radius 2 is 2.37 bits per heavy atom. The van der Waals surface area contributed by atoms with Crippen molar-refractivity contribution in [3.63, 3.8) is 0 Å². The van der Waals surface area contributed by atoms with Crippen LogP contribution in [0, 0.1) is 19.3 Å². The lowest BCUT2D eigenvalue weighted by atomic mass is 10.3. The first kappa shape index (κ1) is 13.1. The van der Waals surface area contributed by atoms with Crippen LogP contribution in [0.3, 0.4) is 0 Å². The molecule has 0 saturated carbocycles. The number of hydrogen-bond donors (Lipinski definition) is 1. The van der Waals surface area contributed by atoms with Gasteiger partial charge in [0.1, 0.15) is 0 Å². The highest BCUT2D eigenvalue weighted by molar-refractivity contribution is 6.30. The van der Waals surface area contributed by atoms with Crippen LogP contribution in [0.2, 0.25) is 5.02 Å². The zero-order valence-electron chi connectivity index (χ0n) is 10.2. The van der Waals surface area contributed by atoms with Gasteiger partial charge in [-0.3, -0.25) is 4.79 Å². The number of carbonyl (C=O) groups is 1. The fourth-order valence-corrected chi connectivity index (χ4v) is 1.79. The molecule has 0 bridgehead atoms. The van der Waals surface area contributed by atoms with E-state index >= 15 is 0 Å². The van der Waals surface area contributed by atoms with Gasteiger partial charge in [0.25, 0.3) is 5.91 Å². The first-order valence-electron chi connectivity index (χ1n) is 5.53. The Hall–Kier alpha value is -2.32. The van der Waals surface area contributed by atoms with Crippen LogP contribution < -0.4 is 5.32 Å². The predicted octanol–water partition coefficient (Wildman–Crippen LogP) is 1.59. The lowest BCUT2D eigenvalue weighted by Crippen LogP contribution is -2.24. The number of amides is 1. The van der Waals surface area contributed by atoms with E-state index in [1.165, 1.54) is 0 Å². The molecule has 19 heavy (non-hydrogen) atoms. The van der Waals surface area contributed by atoms with Gasteiger partial charge in [-0.2, -0.15) is 0 Å². The lowest BCUT2D eigenvalue weighted by molar-refractivity contribution is 0.0953. The summed E-state index contributed by atoms with van der Waals surface area (Å²) in [6.45, 7) is 1.91. The zero-order chi connectivity index (χ0) is 13.8. The number of nitrogens with one attached hydrogen (secondary N) is 1. The molecule has 96 valence electrons. The van der Waals surface area contributed by atoms with Gasteiger partial charge in [-0.25, -0.2) is 4.68 Å². The largest absolute Gasteiger partial charge is 0.340 e. The summed E-state index contributed by atoms with van der Waals surface area (Å²) >= 11 is 5.92. The van der Waals surface area contributed by atoms with Crippen LogP contribution >= 0.6 is 11.6 Å². The maximum Gasteiger partial charge on any atom is 0.274 e. The SMILES string of the molecule is C#CCNC(=O)c1nnn(-c2cccc(Cl)c2)c1C. The number of nitrogens with zero attached hydrogens (tertiary/aromatic N) is 3. The third kappa shape index (κ3) is 2.75. The van der Waals surface area contributed by atoms with Crippen LogP contribution in [0.1, 0.15) is 16.2 Å². The van der Waals surface area contributed by atoms with Crippen LogP contribution in [0.25, 0.3) is 5.69 Å². The molecule has 0 atom stereocenters. The summed E-state index contributed by atoms with van der Waals surface area (Å²) in [5, 5.41) is 11.0. The van der Waals surface area contributed by atoms with Crippen molar-refractivity contribution in [1.29, 1.82) is 0 Å². The Kier molecular flexibility index (Phi) is 3.83. The molecule has 5 nitrogen and oxygen atoms in total. The number of rotatable bonds is 3. The topological polar surface area (TPSA) is 59.8 Å². The molecule has 1 aromatic heterocycles. The minimum Gasteiger partial charge on any atom is -0.340 e. The van der Waals surface area contributed by atoms with Gasteiger partial charge < -0.3 is 5.32 Å². The molecule has 0 unspecified atom stereocenters. The quantitative estimate of drug-likeness (QED) is 0.865. The highest BCUT2D eigenvalue weighted by atomic mass is 35.5. The summed E-state index contributed by atoms with van der Waals surface area (Å²) in [6, 6.07) is 7.14. The number of halogens is 1. The number of terminal acetylenes is 1. The molecule has 1 heterocycles. The molecule has 0 fully saturated rings. The third-order valence-electron chi connectivity index (χ3n) is 2.51. The summed E-state index contributed by atoms with van der Waals surface area (Å²) in [5.74, 6) is 1.99. The van der Waals surface area contributed by atoms with E-state index in [0.717, 1.165) is 5.69 Å². The molecule has 1 aromatic carbocycles. The van der Waals surface area contributed by atoms with Crippen molar-refractivity contribution >= 4 is 17.5 Å². The average molecular weight is 275 g/mol. The molecular formula is C13H11ClN4O. The van der Waals surface area contributed by atoms with Gasteiger partial charge in [0.2, 0.25) is 0 Å². The average Bonchev–Trinajstić information content (AvgIpc) is 2.78. The minimum absolute atomic E-state index is 0.155. The highest BCUT2D eigenvalue weighted by Gasteiger charge is 2.16. The lowest BCUT2D eigenvalue weighted by Gasteiger charge is -2.04. The summed E-state index contributed by atoms with van der Waals surface area (Å²) in [6.07, 6.45) is 5.09. The van der Waals surface area contributed by atoms with Crippen molar-refractivity contribution < 1.29 is 4.79 Å². The predicted molar refractivity (Wildman–Crippen MR) is 72.3 cm³/mol. The van der Waals surface area contributed by atoms with Crippen molar-refractivity contribution in [2.75, 3.05) is 6.54 Å². The molecule has 2 aromatic rings. The van der Waals surface area contributed by atoms with Crippen molar-refractivity contribution in [2.24, 2.45) is 0 Å². The van der Waals surface area contributed by atoms with E-state index in [1.807, 2.05) is 6.07 Å². The Balaban J connectivity index is 2.33. The molecule has 1 amide bonds. The van der Waals surface area contributed by atoms with E-state index in [4.69, 9.17) is 18.0 Å². The van der Waals surface area contributed by atoms with Crippen molar-refractivity contribution in [3.05, 3.63) is 40.7 Å². The molecule has 0 aliphatic heterocycles. The summed E-state index contributed by atoms with van der Waals surface area (Å²) < 4.78 is 1.55. The molecule has 0 saturated heterocycles. The van der Waals surface area contributed by atoms with Crippen molar-refractivity contribution in [1.82, 2.24) is 20.3 Å². The van der Waals surface area contributed by atoms with E-state index in [2.05, 4.69) is 21.5 Å². The van der Waals surface area contributed by atoms with E-state index in [1.54, 1.807) is 29.8 Å². The van der Waals surface area contributed by atoms with Crippen LogP contribution in [0.5, 0.6) is 0 Å². The van der Waals surface area contributed by atoms with Gasteiger partial charge >= 0.3 is 0 Å². The number of carbonyl (C=O) groups excluding carboxylic acids is 1. The van der Waals surface area contributed by atoms with E-state index in [9.17, 15) is 4.79 Å². The Morgan fingerprint density at radius 3 is 3.05 bits per heavy atom. The maximum absolute atomic E-state index is 11.8. The Morgan fingerprint density at radius 1 is 1.58 bits per heavy atom. The van der Waals surface area contributed by atoms with Crippen LogP contribution in [-0.4, -0.2) is 27.4 Å². The number of aromatic nitrogens is 3. The first-order valence-corrected chi connectivity index (χ1v) is 5.91. The van der Waals surface area contributed by atoms with Crippen molar-refractivity contribution in [3.8, 4) is 18.0 Å². The molecule has 0 spiro atoms. The maximum atomic E-state index is 11.8. The zero-order valence-corrected chi connectivity index (χ0v) is 11.0. The molecule has 2 rings (SSSR count). The van der Waals surface area contributed by atoms with Crippen LogP contribution in [-0.2, 0) is 0 Å². The molecule has 1 N–H and O–H groups in total. The summed E-state index contributed by atoms with van der Waals surface area (Å²) in [4.78, 5) is 11.8. The van der Waals surface area contributed by atoms with Gasteiger partial charge in [0.15, 0.2) is 5.69 Å². The molecule has 0 radical (unpaired) electrons. The smallest absolute Gasteiger partial charge is 0.274 e. The van der Waals surface area contributed by atoms with Crippen LogP contribution in [0.4, 0.5) is 0 Å². The summed E-state index contributed by atoms with van der Waals surface area (Å²) in [5.41, 5.74) is 1.61. The molecule has 0 aliphatic carbocycles. The third-order valence-corrected chi connectivity index (χ3v) is 2.75. The monoisotopic (exact) mass is 274 g/mol. The van der Waals surface area contributed by atoms with Gasteiger partial charge in [-0.15, -0.1) is 11.5 Å². The van der Waals surface area contributed by atoms with Crippen molar-refractivity contribution in [2.45, 2.75) is 6.92 Å². The fraction of sp³-hybridized carbons (Fsp3) is 0.154. The normalized spacial score (nSPS) is 9.95. The summed E-state index contributed by atoms with van der Waals surface area (Å²) in [7, 11) is 0. The Bertz CT molecular complexity index is 657. The fourth-order valence-electron chi connectivity index (χ4n) is 1.61. The minimum atomic E-state index is -0.344. The van der Waals surface area contributed by atoms with E-state index < -0.39 is 0 Å². The van der Waals surface area contributed by atoms with Crippen LogP contribution in [0.15, 0.2) is 24.3 Å². The van der Waals surface area contributed by atoms with Gasteiger partial charge in [-0.05, 0) is 25.1 Å². The Labute approximate surface area is 115 Å². The van der Waals surface area contributed by atoms with Gasteiger partial charge in [0, 0.05) is 5.02 Å². The second kappa shape index (κ2) is 5.55. The van der Waals surface area contributed by atoms with E-state index in [0.29, 0.717) is 10.7 Å². The van der Waals surface area contributed by atoms with Gasteiger partial charge in [-0.1, -0.05) is 28.8 Å². The van der Waals surface area contributed by atoms with E-state index in [-0.39, 0.29) is 18.1 Å². The molecule has 0 aliphatic rings. The number of benzene rings is 1. The number of hydrogen-bond acceptors (Lipinski definition) is 3. The highest BCUT2D eigenvalue weighted by Crippen LogP contribution is 2.16. The second-order valence-electron chi connectivity index (χ2n) is 3.80. The first-order chi connectivity index (χ1) is 9.13.